The molecule has 1 aliphatic rings. The first-order valence-electron chi connectivity index (χ1n) is 7.64. The zero-order valence-corrected chi connectivity index (χ0v) is 13.1. The van der Waals surface area contributed by atoms with Crippen molar-refractivity contribution in [1.29, 1.82) is 0 Å². The number of nitrogens with zero attached hydrogens (tertiary/aromatic N) is 1. The molecule has 0 radical (unpaired) electrons. The molecule has 0 saturated carbocycles. The van der Waals surface area contributed by atoms with Gasteiger partial charge in [0.2, 0.25) is 5.91 Å². The fourth-order valence-corrected chi connectivity index (χ4v) is 2.89. The SMILES string of the molecule is CC1CC(C(=O)N(C)C(Cc2ccccc2)C(=O)O)CCO1. The number of amides is 1. The maximum absolute atomic E-state index is 12.6. The summed E-state index contributed by atoms with van der Waals surface area (Å²) in [7, 11) is 1.59. The van der Waals surface area contributed by atoms with Crippen molar-refractivity contribution in [2.75, 3.05) is 13.7 Å². The van der Waals surface area contributed by atoms with Crippen LogP contribution in [0, 0.1) is 5.92 Å². The Labute approximate surface area is 130 Å². The molecule has 5 heteroatoms. The lowest BCUT2D eigenvalue weighted by Crippen LogP contribution is -2.47. The lowest BCUT2D eigenvalue weighted by molar-refractivity contribution is -0.152. The molecule has 3 unspecified atom stereocenters. The van der Waals surface area contributed by atoms with E-state index in [1.807, 2.05) is 37.3 Å². The van der Waals surface area contributed by atoms with Crippen LogP contribution in [0.15, 0.2) is 30.3 Å². The average molecular weight is 305 g/mol. The van der Waals surface area contributed by atoms with Gasteiger partial charge in [-0.2, -0.15) is 0 Å². The van der Waals surface area contributed by atoms with Gasteiger partial charge < -0.3 is 14.7 Å². The van der Waals surface area contributed by atoms with Crippen molar-refractivity contribution in [2.24, 2.45) is 5.92 Å². The minimum absolute atomic E-state index is 0.0495. The highest BCUT2D eigenvalue weighted by atomic mass is 16.5. The summed E-state index contributed by atoms with van der Waals surface area (Å²) in [6.45, 7) is 2.50. The van der Waals surface area contributed by atoms with Crippen LogP contribution >= 0.6 is 0 Å². The second-order valence-corrected chi connectivity index (χ2v) is 5.90. The molecular formula is C17H23NO4. The van der Waals surface area contributed by atoms with Crippen LogP contribution in [-0.2, 0) is 20.7 Å². The fourth-order valence-electron chi connectivity index (χ4n) is 2.89. The molecular weight excluding hydrogens is 282 g/mol. The van der Waals surface area contributed by atoms with E-state index >= 15 is 0 Å². The molecule has 0 bridgehead atoms. The summed E-state index contributed by atoms with van der Waals surface area (Å²) in [5.74, 6) is -1.22. The highest BCUT2D eigenvalue weighted by molar-refractivity contribution is 5.85. The van der Waals surface area contributed by atoms with Crippen molar-refractivity contribution < 1.29 is 19.4 Å². The highest BCUT2D eigenvalue weighted by Crippen LogP contribution is 2.23. The normalized spacial score (nSPS) is 22.8. The maximum atomic E-state index is 12.6. The molecule has 1 aliphatic heterocycles. The summed E-state index contributed by atoms with van der Waals surface area (Å²) in [6.07, 6.45) is 1.68. The smallest absolute Gasteiger partial charge is 0.326 e. The number of carboxylic acid groups (broad SMARTS) is 1. The molecule has 0 aliphatic carbocycles. The van der Waals surface area contributed by atoms with Gasteiger partial charge in [-0.25, -0.2) is 4.79 Å². The first-order valence-corrected chi connectivity index (χ1v) is 7.64. The van der Waals surface area contributed by atoms with Crippen molar-refractivity contribution in [3.05, 3.63) is 35.9 Å². The van der Waals surface area contributed by atoms with Crippen LogP contribution in [0.25, 0.3) is 0 Å². The molecule has 1 aromatic rings. The van der Waals surface area contributed by atoms with Gasteiger partial charge in [-0.05, 0) is 25.3 Å². The van der Waals surface area contributed by atoms with Crippen LogP contribution in [-0.4, -0.2) is 47.7 Å². The molecule has 1 saturated heterocycles. The Kier molecular flexibility index (Phi) is 5.55. The van der Waals surface area contributed by atoms with Gasteiger partial charge in [0.1, 0.15) is 6.04 Å². The second-order valence-electron chi connectivity index (χ2n) is 5.90. The van der Waals surface area contributed by atoms with E-state index in [1.165, 1.54) is 4.90 Å². The van der Waals surface area contributed by atoms with Gasteiger partial charge in [0.15, 0.2) is 0 Å². The van der Waals surface area contributed by atoms with Crippen LogP contribution in [0.5, 0.6) is 0 Å². The number of ether oxygens (including phenoxy) is 1. The number of carbonyl (C=O) groups is 2. The number of carboxylic acids is 1. The maximum Gasteiger partial charge on any atom is 0.326 e. The number of rotatable bonds is 5. The van der Waals surface area contributed by atoms with E-state index in [2.05, 4.69) is 0 Å². The van der Waals surface area contributed by atoms with Crippen LogP contribution in [0.2, 0.25) is 0 Å². The number of hydrogen-bond donors (Lipinski definition) is 1. The van der Waals surface area contributed by atoms with E-state index in [0.29, 0.717) is 25.9 Å². The summed E-state index contributed by atoms with van der Waals surface area (Å²) in [5, 5.41) is 9.49. The van der Waals surface area contributed by atoms with Crippen molar-refractivity contribution >= 4 is 11.9 Å². The summed E-state index contributed by atoms with van der Waals surface area (Å²) in [4.78, 5) is 25.6. The predicted octanol–water partition coefficient (Wildman–Crippen LogP) is 1.96. The monoisotopic (exact) mass is 305 g/mol. The summed E-state index contributed by atoms with van der Waals surface area (Å²) in [5.41, 5.74) is 0.912. The molecule has 3 atom stereocenters. The number of aliphatic carboxylic acids is 1. The molecule has 2 rings (SSSR count). The second kappa shape index (κ2) is 7.40. The van der Waals surface area contributed by atoms with E-state index in [4.69, 9.17) is 4.74 Å². The first-order chi connectivity index (χ1) is 10.5. The Hall–Kier alpha value is -1.88. The first kappa shape index (κ1) is 16.5. The van der Waals surface area contributed by atoms with Gasteiger partial charge in [-0.3, -0.25) is 4.79 Å². The molecule has 5 nitrogen and oxygen atoms in total. The molecule has 120 valence electrons. The van der Waals surface area contributed by atoms with Crippen molar-refractivity contribution in [2.45, 2.75) is 38.3 Å². The molecule has 1 N–H and O–H groups in total. The molecule has 1 aromatic carbocycles. The van der Waals surface area contributed by atoms with E-state index in [9.17, 15) is 14.7 Å². The topological polar surface area (TPSA) is 66.8 Å². The molecule has 22 heavy (non-hydrogen) atoms. The Morgan fingerprint density at radius 2 is 2.05 bits per heavy atom. The molecule has 1 heterocycles. The fraction of sp³-hybridized carbons (Fsp3) is 0.529. The number of likely N-dealkylation sites (N-methyl/N-ethyl adjacent to an activating group) is 1. The predicted molar refractivity (Wildman–Crippen MR) is 82.5 cm³/mol. The van der Waals surface area contributed by atoms with Crippen LogP contribution < -0.4 is 0 Å². The Bertz CT molecular complexity index is 517. The van der Waals surface area contributed by atoms with Gasteiger partial charge >= 0.3 is 5.97 Å². The molecule has 1 amide bonds. The average Bonchev–Trinajstić information content (AvgIpc) is 2.52. The Morgan fingerprint density at radius 3 is 2.64 bits per heavy atom. The number of hydrogen-bond acceptors (Lipinski definition) is 3. The number of benzene rings is 1. The third-order valence-electron chi connectivity index (χ3n) is 4.21. The Morgan fingerprint density at radius 1 is 1.36 bits per heavy atom. The third kappa shape index (κ3) is 4.07. The lowest BCUT2D eigenvalue weighted by Gasteiger charge is -2.32. The lowest BCUT2D eigenvalue weighted by atomic mass is 9.93. The van der Waals surface area contributed by atoms with Crippen LogP contribution in [0.1, 0.15) is 25.3 Å². The number of carbonyl (C=O) groups excluding carboxylic acids is 1. The summed E-state index contributed by atoms with van der Waals surface area (Å²) < 4.78 is 5.45. The summed E-state index contributed by atoms with van der Waals surface area (Å²) in [6, 6.07) is 8.55. The van der Waals surface area contributed by atoms with E-state index < -0.39 is 12.0 Å². The van der Waals surface area contributed by atoms with Crippen LogP contribution in [0.4, 0.5) is 0 Å². The zero-order chi connectivity index (χ0) is 16.1. The van der Waals surface area contributed by atoms with Gasteiger partial charge in [0, 0.05) is 26.0 Å². The van der Waals surface area contributed by atoms with Gasteiger partial charge in [0.25, 0.3) is 0 Å². The zero-order valence-electron chi connectivity index (χ0n) is 13.1. The summed E-state index contributed by atoms with van der Waals surface area (Å²) >= 11 is 0. The highest BCUT2D eigenvalue weighted by Gasteiger charge is 2.33. The largest absolute Gasteiger partial charge is 0.480 e. The van der Waals surface area contributed by atoms with Crippen LogP contribution in [0.3, 0.4) is 0 Å². The van der Waals surface area contributed by atoms with Crippen molar-refractivity contribution in [1.82, 2.24) is 4.90 Å². The minimum Gasteiger partial charge on any atom is -0.480 e. The van der Waals surface area contributed by atoms with E-state index in [0.717, 1.165) is 5.56 Å². The van der Waals surface area contributed by atoms with Crippen molar-refractivity contribution in [3.63, 3.8) is 0 Å². The van der Waals surface area contributed by atoms with Gasteiger partial charge in [-0.15, -0.1) is 0 Å². The van der Waals surface area contributed by atoms with E-state index in [1.54, 1.807) is 7.05 Å². The molecule has 0 spiro atoms. The molecule has 0 aromatic heterocycles. The van der Waals surface area contributed by atoms with E-state index in [-0.39, 0.29) is 17.9 Å². The van der Waals surface area contributed by atoms with Gasteiger partial charge in [-0.1, -0.05) is 30.3 Å². The third-order valence-corrected chi connectivity index (χ3v) is 4.21. The van der Waals surface area contributed by atoms with Crippen molar-refractivity contribution in [3.8, 4) is 0 Å². The molecule has 1 fully saturated rings. The quantitative estimate of drug-likeness (QED) is 0.903. The minimum atomic E-state index is -0.972. The Balaban J connectivity index is 2.07. The standard InChI is InChI=1S/C17H23NO4/c1-12-10-14(8-9-22-12)16(19)18(2)15(17(20)21)11-13-6-4-3-5-7-13/h3-7,12,14-15H,8-11H2,1-2H3,(H,20,21). The van der Waals surface area contributed by atoms with Gasteiger partial charge in [0.05, 0.1) is 6.10 Å².